The van der Waals surface area contributed by atoms with E-state index in [-0.39, 0.29) is 23.5 Å². The van der Waals surface area contributed by atoms with Crippen LogP contribution < -0.4 is 11.1 Å². The number of nitrogen functional groups attached to an aromatic ring is 1. The van der Waals surface area contributed by atoms with Crippen molar-refractivity contribution in [1.29, 1.82) is 0 Å². The van der Waals surface area contributed by atoms with Gasteiger partial charge < -0.3 is 16.2 Å². The standard InChI is InChI=1S/C12H20N2O3S/c1-8(2)12(7-15)14-11-5-4-9(6-10(11)13)18(3,16)17/h4-6,8,12,14-15H,7,13H2,1-3H3/t12-/m1/s1. The topological polar surface area (TPSA) is 92.4 Å². The molecule has 5 nitrogen and oxygen atoms in total. The zero-order valence-electron chi connectivity index (χ0n) is 10.8. The van der Waals surface area contributed by atoms with E-state index in [0.717, 1.165) is 6.26 Å². The van der Waals surface area contributed by atoms with Crippen LogP contribution in [-0.4, -0.2) is 32.4 Å². The summed E-state index contributed by atoms with van der Waals surface area (Å²) in [4.78, 5) is 0.190. The first kappa shape index (κ1) is 14.8. The first-order valence-electron chi connectivity index (χ1n) is 5.72. The molecule has 0 aromatic heterocycles. The van der Waals surface area contributed by atoms with E-state index < -0.39 is 9.84 Å². The van der Waals surface area contributed by atoms with Crippen molar-refractivity contribution < 1.29 is 13.5 Å². The summed E-state index contributed by atoms with van der Waals surface area (Å²) in [6.45, 7) is 3.95. The molecule has 0 saturated carbocycles. The number of nitrogens with two attached hydrogens (primary N) is 1. The Balaban J connectivity index is 3.00. The van der Waals surface area contributed by atoms with Crippen LogP contribution >= 0.6 is 0 Å². The minimum atomic E-state index is -3.25. The minimum Gasteiger partial charge on any atom is -0.397 e. The van der Waals surface area contributed by atoms with Gasteiger partial charge in [0.1, 0.15) is 0 Å². The monoisotopic (exact) mass is 272 g/mol. The molecule has 1 aromatic carbocycles. The fraction of sp³-hybridized carbons (Fsp3) is 0.500. The molecule has 1 atom stereocenters. The van der Waals surface area contributed by atoms with Crippen LogP contribution in [0.5, 0.6) is 0 Å². The largest absolute Gasteiger partial charge is 0.397 e. The molecule has 0 heterocycles. The molecule has 0 fully saturated rings. The van der Waals surface area contributed by atoms with Crippen LogP contribution in [0.4, 0.5) is 11.4 Å². The molecule has 102 valence electrons. The van der Waals surface area contributed by atoms with Gasteiger partial charge in [0.25, 0.3) is 0 Å². The minimum absolute atomic E-state index is 0.00899. The Hall–Kier alpha value is -1.27. The van der Waals surface area contributed by atoms with E-state index >= 15 is 0 Å². The third-order valence-electron chi connectivity index (χ3n) is 2.79. The maximum Gasteiger partial charge on any atom is 0.175 e. The second-order valence-corrected chi connectivity index (χ2v) is 6.71. The molecule has 6 heteroatoms. The van der Waals surface area contributed by atoms with Crippen LogP contribution in [0.2, 0.25) is 0 Å². The highest BCUT2D eigenvalue weighted by Gasteiger charge is 2.14. The van der Waals surface area contributed by atoms with Crippen molar-refractivity contribution in [2.24, 2.45) is 5.92 Å². The normalized spacial score (nSPS) is 13.6. The van der Waals surface area contributed by atoms with Crippen molar-refractivity contribution in [2.45, 2.75) is 24.8 Å². The predicted molar refractivity (Wildman–Crippen MR) is 73.3 cm³/mol. The average Bonchev–Trinajstić information content (AvgIpc) is 2.25. The first-order chi connectivity index (χ1) is 8.25. The Labute approximate surface area is 108 Å². The molecule has 0 saturated heterocycles. The van der Waals surface area contributed by atoms with Gasteiger partial charge in [-0.05, 0) is 24.1 Å². The average molecular weight is 272 g/mol. The van der Waals surface area contributed by atoms with Crippen LogP contribution in [0.15, 0.2) is 23.1 Å². The number of sulfone groups is 1. The van der Waals surface area contributed by atoms with E-state index in [1.807, 2.05) is 13.8 Å². The first-order valence-corrected chi connectivity index (χ1v) is 7.62. The van der Waals surface area contributed by atoms with Crippen molar-refractivity contribution in [2.75, 3.05) is 23.9 Å². The number of aliphatic hydroxyl groups is 1. The Kier molecular flexibility index (Phi) is 4.59. The predicted octanol–water partition coefficient (Wildman–Crippen LogP) is 1.10. The molecule has 0 aliphatic heterocycles. The number of anilines is 2. The molecular formula is C12H20N2O3S. The summed E-state index contributed by atoms with van der Waals surface area (Å²) in [5.41, 5.74) is 6.81. The van der Waals surface area contributed by atoms with E-state index in [2.05, 4.69) is 5.32 Å². The highest BCUT2D eigenvalue weighted by atomic mass is 32.2. The van der Waals surface area contributed by atoms with Crippen molar-refractivity contribution in [3.63, 3.8) is 0 Å². The number of hydrogen-bond acceptors (Lipinski definition) is 5. The number of hydrogen-bond donors (Lipinski definition) is 3. The van der Waals surface area contributed by atoms with Gasteiger partial charge in [0.05, 0.1) is 28.9 Å². The van der Waals surface area contributed by atoms with E-state index in [1.165, 1.54) is 12.1 Å². The molecule has 0 aliphatic carbocycles. The van der Waals surface area contributed by atoms with Crippen LogP contribution in [0, 0.1) is 5.92 Å². The van der Waals surface area contributed by atoms with Gasteiger partial charge in [-0.1, -0.05) is 13.8 Å². The van der Waals surface area contributed by atoms with Crippen molar-refractivity contribution in [1.82, 2.24) is 0 Å². The molecule has 0 bridgehead atoms. The van der Waals surface area contributed by atoms with Gasteiger partial charge >= 0.3 is 0 Å². The zero-order valence-corrected chi connectivity index (χ0v) is 11.7. The molecule has 1 aromatic rings. The van der Waals surface area contributed by atoms with Gasteiger partial charge in [-0.15, -0.1) is 0 Å². The van der Waals surface area contributed by atoms with Gasteiger partial charge in [0.2, 0.25) is 0 Å². The molecule has 0 spiro atoms. The van der Waals surface area contributed by atoms with Crippen molar-refractivity contribution in [3.05, 3.63) is 18.2 Å². The van der Waals surface area contributed by atoms with Crippen LogP contribution in [0.25, 0.3) is 0 Å². The van der Waals surface area contributed by atoms with Crippen molar-refractivity contribution in [3.8, 4) is 0 Å². The maximum atomic E-state index is 11.4. The van der Waals surface area contributed by atoms with Gasteiger partial charge in [-0.25, -0.2) is 8.42 Å². The number of rotatable bonds is 5. The second-order valence-electron chi connectivity index (χ2n) is 4.70. The summed E-state index contributed by atoms with van der Waals surface area (Å²) in [5.74, 6) is 0.240. The van der Waals surface area contributed by atoms with Gasteiger partial charge in [-0.2, -0.15) is 0 Å². The summed E-state index contributed by atoms with van der Waals surface area (Å²) in [6.07, 6.45) is 1.14. The third-order valence-corrected chi connectivity index (χ3v) is 3.90. The maximum absolute atomic E-state index is 11.4. The molecule has 1 rings (SSSR count). The van der Waals surface area contributed by atoms with E-state index in [0.29, 0.717) is 11.4 Å². The highest BCUT2D eigenvalue weighted by Crippen LogP contribution is 2.24. The van der Waals surface area contributed by atoms with E-state index in [4.69, 9.17) is 5.73 Å². The highest BCUT2D eigenvalue weighted by molar-refractivity contribution is 7.90. The number of nitrogens with one attached hydrogen (secondary N) is 1. The quantitative estimate of drug-likeness (QED) is 0.698. The van der Waals surface area contributed by atoms with Gasteiger partial charge in [0.15, 0.2) is 9.84 Å². The fourth-order valence-electron chi connectivity index (χ4n) is 1.53. The molecule has 0 unspecified atom stereocenters. The Morgan fingerprint density at radius 2 is 2.00 bits per heavy atom. The van der Waals surface area contributed by atoms with E-state index in [1.54, 1.807) is 6.07 Å². The third kappa shape index (κ3) is 3.61. The lowest BCUT2D eigenvalue weighted by Crippen LogP contribution is -2.29. The summed E-state index contributed by atoms with van der Waals surface area (Å²) in [7, 11) is -3.25. The second kappa shape index (κ2) is 5.58. The van der Waals surface area contributed by atoms with Crippen LogP contribution in [0.1, 0.15) is 13.8 Å². The lowest BCUT2D eigenvalue weighted by atomic mass is 10.0. The van der Waals surface area contributed by atoms with Crippen LogP contribution in [0.3, 0.4) is 0 Å². The van der Waals surface area contributed by atoms with Gasteiger partial charge in [0, 0.05) is 6.26 Å². The smallest absolute Gasteiger partial charge is 0.175 e. The molecule has 0 radical (unpaired) electrons. The van der Waals surface area contributed by atoms with E-state index in [9.17, 15) is 13.5 Å². The van der Waals surface area contributed by atoms with Gasteiger partial charge in [-0.3, -0.25) is 0 Å². The Morgan fingerprint density at radius 3 is 2.39 bits per heavy atom. The number of aliphatic hydroxyl groups excluding tert-OH is 1. The Morgan fingerprint density at radius 1 is 1.39 bits per heavy atom. The van der Waals surface area contributed by atoms with Crippen molar-refractivity contribution >= 4 is 21.2 Å². The molecule has 0 aliphatic rings. The SMILES string of the molecule is CC(C)[C@@H](CO)Nc1ccc(S(C)(=O)=O)cc1N. The lowest BCUT2D eigenvalue weighted by molar-refractivity contribution is 0.249. The summed E-state index contributed by atoms with van der Waals surface area (Å²) in [6, 6.07) is 4.43. The van der Waals surface area contributed by atoms with Crippen LogP contribution in [-0.2, 0) is 9.84 Å². The molecule has 0 amide bonds. The fourth-order valence-corrected chi connectivity index (χ4v) is 2.18. The Bertz CT molecular complexity index is 512. The zero-order chi connectivity index (χ0) is 13.9. The molecule has 4 N–H and O–H groups in total. The number of benzene rings is 1. The molecule has 18 heavy (non-hydrogen) atoms. The summed E-state index contributed by atoms with van der Waals surface area (Å²) >= 11 is 0. The summed E-state index contributed by atoms with van der Waals surface area (Å²) in [5, 5.41) is 12.3. The summed E-state index contributed by atoms with van der Waals surface area (Å²) < 4.78 is 22.7. The molecular weight excluding hydrogens is 252 g/mol. The lowest BCUT2D eigenvalue weighted by Gasteiger charge is -2.22.